The number of rotatable bonds is 4. The van der Waals surface area contributed by atoms with E-state index in [0.29, 0.717) is 13.2 Å². The fourth-order valence-electron chi connectivity index (χ4n) is 2.07. The molecule has 1 aromatic rings. The van der Waals surface area contributed by atoms with Crippen LogP contribution >= 0.6 is 0 Å². The highest BCUT2D eigenvalue weighted by molar-refractivity contribution is 5.93. The first-order valence-electron chi connectivity index (χ1n) is 6.43. The number of carbonyl (C=O) groups is 1. The van der Waals surface area contributed by atoms with Crippen LogP contribution in [0.2, 0.25) is 0 Å². The van der Waals surface area contributed by atoms with Crippen LogP contribution in [0.5, 0.6) is 0 Å². The lowest BCUT2D eigenvalue weighted by Crippen LogP contribution is -2.40. The third-order valence-electron chi connectivity index (χ3n) is 3.04. The van der Waals surface area contributed by atoms with Crippen LogP contribution in [-0.4, -0.2) is 36.6 Å². The number of anilines is 1. The summed E-state index contributed by atoms with van der Waals surface area (Å²) < 4.78 is 5.43. The molecule has 1 aliphatic heterocycles. The van der Waals surface area contributed by atoms with E-state index in [0.717, 1.165) is 12.1 Å². The Kier molecular flexibility index (Phi) is 4.65. The molecule has 1 fully saturated rings. The SMILES string of the molecule is Cc1ccc([N+](=O)[O-])c(NC(=O)CC2CNCCO2)c1. The van der Waals surface area contributed by atoms with E-state index in [-0.39, 0.29) is 29.8 Å². The number of hydrogen-bond donors (Lipinski definition) is 2. The summed E-state index contributed by atoms with van der Waals surface area (Å²) >= 11 is 0. The van der Waals surface area contributed by atoms with Crippen LogP contribution in [0.3, 0.4) is 0 Å². The van der Waals surface area contributed by atoms with Crippen molar-refractivity contribution in [3.05, 3.63) is 33.9 Å². The first-order chi connectivity index (χ1) is 9.56. The van der Waals surface area contributed by atoms with Crippen molar-refractivity contribution >= 4 is 17.3 Å². The monoisotopic (exact) mass is 279 g/mol. The van der Waals surface area contributed by atoms with Gasteiger partial charge in [-0.05, 0) is 18.6 Å². The predicted octanol–water partition coefficient (Wildman–Crippen LogP) is 1.22. The second-order valence-electron chi connectivity index (χ2n) is 4.73. The quantitative estimate of drug-likeness (QED) is 0.638. The Bertz CT molecular complexity index is 512. The third-order valence-corrected chi connectivity index (χ3v) is 3.04. The van der Waals surface area contributed by atoms with Crippen LogP contribution in [0.4, 0.5) is 11.4 Å². The summed E-state index contributed by atoms with van der Waals surface area (Å²) in [5, 5.41) is 16.6. The van der Waals surface area contributed by atoms with Crippen LogP contribution < -0.4 is 10.6 Å². The minimum atomic E-state index is -0.506. The van der Waals surface area contributed by atoms with Gasteiger partial charge in [0, 0.05) is 19.2 Å². The molecule has 0 spiro atoms. The first kappa shape index (κ1) is 14.4. The van der Waals surface area contributed by atoms with Gasteiger partial charge in [-0.15, -0.1) is 0 Å². The van der Waals surface area contributed by atoms with Gasteiger partial charge in [-0.3, -0.25) is 14.9 Å². The molecule has 0 bridgehead atoms. The van der Waals surface area contributed by atoms with Gasteiger partial charge in [0.15, 0.2) is 0 Å². The average molecular weight is 279 g/mol. The Morgan fingerprint density at radius 2 is 2.40 bits per heavy atom. The van der Waals surface area contributed by atoms with Crippen molar-refractivity contribution in [2.75, 3.05) is 25.0 Å². The number of nitrogens with one attached hydrogen (secondary N) is 2. The number of aryl methyl sites for hydroxylation is 1. The molecule has 7 nitrogen and oxygen atoms in total. The number of nitro benzene ring substituents is 1. The second-order valence-corrected chi connectivity index (χ2v) is 4.73. The molecular weight excluding hydrogens is 262 g/mol. The van der Waals surface area contributed by atoms with E-state index in [4.69, 9.17) is 4.74 Å². The third kappa shape index (κ3) is 3.75. The van der Waals surface area contributed by atoms with Gasteiger partial charge < -0.3 is 15.4 Å². The van der Waals surface area contributed by atoms with Crippen LogP contribution in [-0.2, 0) is 9.53 Å². The molecule has 1 atom stereocenters. The molecule has 1 aliphatic rings. The molecule has 2 N–H and O–H groups in total. The summed E-state index contributed by atoms with van der Waals surface area (Å²) in [6, 6.07) is 4.63. The summed E-state index contributed by atoms with van der Waals surface area (Å²) in [4.78, 5) is 22.3. The zero-order chi connectivity index (χ0) is 14.5. The van der Waals surface area contributed by atoms with Gasteiger partial charge in [0.25, 0.3) is 5.69 Å². The zero-order valence-corrected chi connectivity index (χ0v) is 11.2. The smallest absolute Gasteiger partial charge is 0.292 e. The summed E-state index contributed by atoms with van der Waals surface area (Å²) in [5.41, 5.74) is 0.969. The number of carbonyl (C=O) groups excluding carboxylic acids is 1. The highest BCUT2D eigenvalue weighted by Crippen LogP contribution is 2.25. The molecule has 20 heavy (non-hydrogen) atoms. The van der Waals surface area contributed by atoms with E-state index in [2.05, 4.69) is 10.6 Å². The minimum absolute atomic E-state index is 0.105. The van der Waals surface area contributed by atoms with E-state index >= 15 is 0 Å². The molecule has 0 radical (unpaired) electrons. The van der Waals surface area contributed by atoms with Crippen molar-refractivity contribution in [1.82, 2.24) is 5.32 Å². The topological polar surface area (TPSA) is 93.5 Å². The Labute approximate surface area is 116 Å². The normalized spacial score (nSPS) is 18.6. The number of hydrogen-bond acceptors (Lipinski definition) is 5. The Balaban J connectivity index is 2.03. The minimum Gasteiger partial charge on any atom is -0.375 e. The van der Waals surface area contributed by atoms with E-state index in [1.807, 2.05) is 6.92 Å². The molecule has 2 rings (SSSR count). The maximum Gasteiger partial charge on any atom is 0.292 e. The van der Waals surface area contributed by atoms with Gasteiger partial charge in [-0.1, -0.05) is 6.07 Å². The molecule has 0 aliphatic carbocycles. The molecule has 7 heteroatoms. The predicted molar refractivity (Wildman–Crippen MR) is 73.7 cm³/mol. The average Bonchev–Trinajstić information content (AvgIpc) is 2.39. The molecule has 1 heterocycles. The van der Waals surface area contributed by atoms with Crippen molar-refractivity contribution in [2.24, 2.45) is 0 Å². The number of ether oxygens (including phenoxy) is 1. The van der Waals surface area contributed by atoms with E-state index in [1.165, 1.54) is 6.07 Å². The van der Waals surface area contributed by atoms with Crippen molar-refractivity contribution < 1.29 is 14.5 Å². The second kappa shape index (κ2) is 6.44. The van der Waals surface area contributed by atoms with Crippen LogP contribution in [0.25, 0.3) is 0 Å². The lowest BCUT2D eigenvalue weighted by Gasteiger charge is -2.23. The van der Waals surface area contributed by atoms with Crippen LogP contribution in [0, 0.1) is 17.0 Å². The van der Waals surface area contributed by atoms with Gasteiger partial charge in [-0.25, -0.2) is 0 Å². The van der Waals surface area contributed by atoms with Crippen molar-refractivity contribution in [2.45, 2.75) is 19.4 Å². The standard InChI is InChI=1S/C13H17N3O4/c1-9-2-3-12(16(18)19)11(6-9)15-13(17)7-10-8-14-4-5-20-10/h2-3,6,10,14H,4-5,7-8H2,1H3,(H,15,17). The summed E-state index contributed by atoms with van der Waals surface area (Å²) in [5.74, 6) is -0.285. The Hall–Kier alpha value is -1.99. The molecule has 1 aromatic carbocycles. The largest absolute Gasteiger partial charge is 0.375 e. The fraction of sp³-hybridized carbons (Fsp3) is 0.462. The van der Waals surface area contributed by atoms with Crippen LogP contribution in [0.15, 0.2) is 18.2 Å². The molecule has 1 saturated heterocycles. The number of morpholine rings is 1. The van der Waals surface area contributed by atoms with Gasteiger partial charge in [0.2, 0.25) is 5.91 Å². The highest BCUT2D eigenvalue weighted by Gasteiger charge is 2.20. The number of amides is 1. The van der Waals surface area contributed by atoms with Crippen molar-refractivity contribution in [3.8, 4) is 0 Å². The molecular formula is C13H17N3O4. The van der Waals surface area contributed by atoms with E-state index in [1.54, 1.807) is 12.1 Å². The van der Waals surface area contributed by atoms with Gasteiger partial charge in [0.05, 0.1) is 24.1 Å². The van der Waals surface area contributed by atoms with Crippen molar-refractivity contribution in [3.63, 3.8) is 0 Å². The summed E-state index contributed by atoms with van der Waals surface area (Å²) in [7, 11) is 0. The lowest BCUT2D eigenvalue weighted by atomic mass is 10.1. The maximum absolute atomic E-state index is 11.9. The number of nitro groups is 1. The summed E-state index contributed by atoms with van der Waals surface area (Å²) in [6.45, 7) is 3.78. The Morgan fingerprint density at radius 1 is 1.60 bits per heavy atom. The number of benzene rings is 1. The molecule has 108 valence electrons. The van der Waals surface area contributed by atoms with E-state index in [9.17, 15) is 14.9 Å². The fourth-order valence-corrected chi connectivity index (χ4v) is 2.07. The molecule has 0 aromatic heterocycles. The maximum atomic E-state index is 11.9. The highest BCUT2D eigenvalue weighted by atomic mass is 16.6. The van der Waals surface area contributed by atoms with Crippen LogP contribution in [0.1, 0.15) is 12.0 Å². The molecule has 1 unspecified atom stereocenters. The van der Waals surface area contributed by atoms with Gasteiger partial charge in [0.1, 0.15) is 5.69 Å². The number of nitrogens with zero attached hydrogens (tertiary/aromatic N) is 1. The summed E-state index contributed by atoms with van der Waals surface area (Å²) in [6.07, 6.45) is -0.00873. The van der Waals surface area contributed by atoms with E-state index < -0.39 is 4.92 Å². The molecule has 1 amide bonds. The first-order valence-corrected chi connectivity index (χ1v) is 6.43. The van der Waals surface area contributed by atoms with Crippen molar-refractivity contribution in [1.29, 1.82) is 0 Å². The van der Waals surface area contributed by atoms with Gasteiger partial charge in [-0.2, -0.15) is 0 Å². The van der Waals surface area contributed by atoms with Gasteiger partial charge >= 0.3 is 0 Å². The molecule has 0 saturated carbocycles. The lowest BCUT2D eigenvalue weighted by molar-refractivity contribution is -0.383. The zero-order valence-electron chi connectivity index (χ0n) is 11.2. The Morgan fingerprint density at radius 3 is 3.05 bits per heavy atom.